The largest absolute Gasteiger partial charge is 0.313 e. The number of aryl methyl sites for hydroxylation is 1. The molecule has 0 unspecified atom stereocenters. The molecule has 1 rings (SSSR count). The van der Waals surface area contributed by atoms with Crippen LogP contribution in [-0.4, -0.2) is 11.5 Å². The van der Waals surface area contributed by atoms with Crippen LogP contribution in [0.15, 0.2) is 18.3 Å². The highest BCUT2D eigenvalue weighted by Crippen LogP contribution is 2.02. The Morgan fingerprint density at radius 2 is 1.94 bits per heavy atom. The molecule has 0 radical (unpaired) electrons. The van der Waals surface area contributed by atoms with Crippen LogP contribution in [0.4, 0.5) is 0 Å². The molecule has 2 heteroatoms. The first kappa shape index (κ1) is 13.2. The van der Waals surface area contributed by atoms with Crippen molar-refractivity contribution in [1.29, 1.82) is 0 Å². The minimum absolute atomic E-state index is 0.945. The van der Waals surface area contributed by atoms with Gasteiger partial charge in [0.05, 0.1) is 0 Å². The molecule has 0 fully saturated rings. The monoisotopic (exact) mass is 220 g/mol. The maximum atomic E-state index is 4.28. The zero-order valence-electron chi connectivity index (χ0n) is 10.6. The van der Waals surface area contributed by atoms with Crippen molar-refractivity contribution in [1.82, 2.24) is 10.3 Å². The van der Waals surface area contributed by atoms with Crippen LogP contribution in [0.1, 0.15) is 50.3 Å². The second-order valence-corrected chi connectivity index (χ2v) is 4.40. The van der Waals surface area contributed by atoms with Gasteiger partial charge in [-0.3, -0.25) is 4.98 Å². The van der Waals surface area contributed by atoms with Gasteiger partial charge < -0.3 is 5.32 Å². The number of nitrogens with zero attached hydrogens (tertiary/aromatic N) is 1. The molecule has 1 aromatic heterocycles. The zero-order chi connectivity index (χ0) is 11.6. The fraction of sp³-hybridized carbons (Fsp3) is 0.643. The van der Waals surface area contributed by atoms with E-state index in [0.717, 1.165) is 18.8 Å². The Bertz CT molecular complexity index is 267. The summed E-state index contributed by atoms with van der Waals surface area (Å²) < 4.78 is 0. The van der Waals surface area contributed by atoms with E-state index in [1.807, 2.05) is 13.1 Å². The summed E-state index contributed by atoms with van der Waals surface area (Å²) in [7, 11) is 0. The molecule has 1 aromatic rings. The smallest absolute Gasteiger partial charge is 0.0372 e. The van der Waals surface area contributed by atoms with Crippen LogP contribution in [-0.2, 0) is 6.54 Å². The summed E-state index contributed by atoms with van der Waals surface area (Å²) in [6.07, 6.45) is 8.68. The zero-order valence-corrected chi connectivity index (χ0v) is 10.6. The highest BCUT2D eigenvalue weighted by atomic mass is 14.8. The van der Waals surface area contributed by atoms with Crippen LogP contribution in [0.3, 0.4) is 0 Å². The molecule has 2 nitrogen and oxygen atoms in total. The van der Waals surface area contributed by atoms with Gasteiger partial charge in [0.1, 0.15) is 0 Å². The number of pyridine rings is 1. The molecule has 0 saturated heterocycles. The van der Waals surface area contributed by atoms with Crippen LogP contribution >= 0.6 is 0 Å². The van der Waals surface area contributed by atoms with Gasteiger partial charge in [0.25, 0.3) is 0 Å². The minimum atomic E-state index is 0.945. The highest BCUT2D eigenvalue weighted by molar-refractivity contribution is 5.12. The van der Waals surface area contributed by atoms with Gasteiger partial charge in [0, 0.05) is 18.4 Å². The molecule has 1 N–H and O–H groups in total. The minimum Gasteiger partial charge on any atom is -0.313 e. The summed E-state index contributed by atoms with van der Waals surface area (Å²) in [5, 5.41) is 3.46. The van der Waals surface area contributed by atoms with Crippen molar-refractivity contribution >= 4 is 0 Å². The Hall–Kier alpha value is -0.890. The number of hydrogen-bond acceptors (Lipinski definition) is 2. The maximum Gasteiger partial charge on any atom is 0.0372 e. The van der Waals surface area contributed by atoms with Crippen molar-refractivity contribution in [3.05, 3.63) is 29.6 Å². The van der Waals surface area contributed by atoms with E-state index in [4.69, 9.17) is 0 Å². The number of nitrogens with one attached hydrogen (secondary N) is 1. The molecule has 0 aliphatic carbocycles. The van der Waals surface area contributed by atoms with Crippen molar-refractivity contribution in [2.75, 3.05) is 6.54 Å². The third kappa shape index (κ3) is 5.86. The van der Waals surface area contributed by atoms with Gasteiger partial charge in [-0.2, -0.15) is 0 Å². The van der Waals surface area contributed by atoms with Crippen LogP contribution in [0, 0.1) is 6.92 Å². The molecule has 0 aliphatic rings. The lowest BCUT2D eigenvalue weighted by Gasteiger charge is -2.04. The van der Waals surface area contributed by atoms with Crippen molar-refractivity contribution in [3.63, 3.8) is 0 Å². The normalized spacial score (nSPS) is 10.6. The van der Waals surface area contributed by atoms with E-state index >= 15 is 0 Å². The van der Waals surface area contributed by atoms with E-state index < -0.39 is 0 Å². The predicted molar refractivity (Wildman–Crippen MR) is 69.4 cm³/mol. The molecule has 0 saturated carbocycles. The van der Waals surface area contributed by atoms with Gasteiger partial charge >= 0.3 is 0 Å². The second kappa shape index (κ2) is 8.28. The number of rotatable bonds is 8. The van der Waals surface area contributed by atoms with E-state index in [0.29, 0.717) is 0 Å². The van der Waals surface area contributed by atoms with Gasteiger partial charge in [0.15, 0.2) is 0 Å². The lowest BCUT2D eigenvalue weighted by molar-refractivity contribution is 0.583. The van der Waals surface area contributed by atoms with Crippen molar-refractivity contribution < 1.29 is 0 Å². The van der Waals surface area contributed by atoms with Crippen LogP contribution < -0.4 is 5.32 Å². The fourth-order valence-electron chi connectivity index (χ4n) is 1.69. The lowest BCUT2D eigenvalue weighted by atomic mass is 10.1. The SMILES string of the molecule is CCCCCCCNCc1ccc(C)nc1. The molecular formula is C14H24N2. The molecule has 90 valence electrons. The van der Waals surface area contributed by atoms with Crippen LogP contribution in [0.25, 0.3) is 0 Å². The molecule has 0 aliphatic heterocycles. The van der Waals surface area contributed by atoms with Gasteiger partial charge in [-0.05, 0) is 31.5 Å². The Kier molecular flexibility index (Phi) is 6.82. The average molecular weight is 220 g/mol. The van der Waals surface area contributed by atoms with E-state index in [1.54, 1.807) is 0 Å². The maximum absolute atomic E-state index is 4.28. The summed E-state index contributed by atoms with van der Waals surface area (Å²) in [6, 6.07) is 4.21. The third-order valence-corrected chi connectivity index (χ3v) is 2.76. The molecular weight excluding hydrogens is 196 g/mol. The summed E-state index contributed by atoms with van der Waals surface area (Å²) in [5.41, 5.74) is 2.36. The molecule has 0 amide bonds. The van der Waals surface area contributed by atoms with Crippen LogP contribution in [0.2, 0.25) is 0 Å². The van der Waals surface area contributed by atoms with Crippen molar-refractivity contribution in [3.8, 4) is 0 Å². The summed E-state index contributed by atoms with van der Waals surface area (Å²) >= 11 is 0. The number of aromatic nitrogens is 1. The topological polar surface area (TPSA) is 24.9 Å². The van der Waals surface area contributed by atoms with Gasteiger partial charge in [0.2, 0.25) is 0 Å². The first-order valence-corrected chi connectivity index (χ1v) is 6.45. The Labute approximate surface area is 99.5 Å². The second-order valence-electron chi connectivity index (χ2n) is 4.40. The molecule has 0 bridgehead atoms. The molecule has 16 heavy (non-hydrogen) atoms. The average Bonchev–Trinajstić information content (AvgIpc) is 2.30. The summed E-state index contributed by atoms with van der Waals surface area (Å²) in [5.74, 6) is 0. The summed E-state index contributed by atoms with van der Waals surface area (Å²) in [6.45, 7) is 6.34. The van der Waals surface area contributed by atoms with Crippen LogP contribution in [0.5, 0.6) is 0 Å². The lowest BCUT2D eigenvalue weighted by Crippen LogP contribution is -2.14. The Morgan fingerprint density at radius 3 is 2.62 bits per heavy atom. The van der Waals surface area contributed by atoms with Gasteiger partial charge in [-0.1, -0.05) is 38.7 Å². The van der Waals surface area contributed by atoms with Gasteiger partial charge in [-0.15, -0.1) is 0 Å². The molecule has 0 spiro atoms. The molecule has 0 atom stereocenters. The first-order chi connectivity index (χ1) is 7.83. The van der Waals surface area contributed by atoms with E-state index in [1.165, 1.54) is 37.7 Å². The van der Waals surface area contributed by atoms with Crippen molar-refractivity contribution in [2.24, 2.45) is 0 Å². The molecule has 0 aromatic carbocycles. The third-order valence-electron chi connectivity index (χ3n) is 2.76. The predicted octanol–water partition coefficient (Wildman–Crippen LogP) is 3.45. The van der Waals surface area contributed by atoms with E-state index in [2.05, 4.69) is 29.4 Å². The standard InChI is InChI=1S/C14H24N2/c1-3-4-5-6-7-10-15-11-14-9-8-13(2)16-12-14/h8-9,12,15H,3-7,10-11H2,1-2H3. The Morgan fingerprint density at radius 1 is 1.12 bits per heavy atom. The van der Waals surface area contributed by atoms with Crippen molar-refractivity contribution in [2.45, 2.75) is 52.5 Å². The van der Waals surface area contributed by atoms with Gasteiger partial charge in [-0.25, -0.2) is 0 Å². The quantitative estimate of drug-likeness (QED) is 0.679. The van der Waals surface area contributed by atoms with E-state index in [-0.39, 0.29) is 0 Å². The Balaban J connectivity index is 2.01. The first-order valence-electron chi connectivity index (χ1n) is 6.45. The van der Waals surface area contributed by atoms with E-state index in [9.17, 15) is 0 Å². The number of unbranched alkanes of at least 4 members (excludes halogenated alkanes) is 4. The summed E-state index contributed by atoms with van der Waals surface area (Å²) in [4.78, 5) is 4.28. The number of hydrogen-bond donors (Lipinski definition) is 1. The fourth-order valence-corrected chi connectivity index (χ4v) is 1.69. The highest BCUT2D eigenvalue weighted by Gasteiger charge is 1.93. The molecule has 1 heterocycles.